The van der Waals surface area contributed by atoms with Gasteiger partial charge < -0.3 is 5.32 Å². The second-order valence-corrected chi connectivity index (χ2v) is 9.24. The molecular weight excluding hydrogens is 496 g/mol. The van der Waals surface area contributed by atoms with Gasteiger partial charge >= 0.3 is 12.4 Å². The number of ketones is 1. The summed E-state index contributed by atoms with van der Waals surface area (Å²) in [6.07, 6.45) is -8.65. The van der Waals surface area contributed by atoms with E-state index in [-0.39, 0.29) is 23.0 Å². The van der Waals surface area contributed by atoms with E-state index < -0.39 is 35.3 Å². The van der Waals surface area contributed by atoms with Crippen molar-refractivity contribution in [3.8, 4) is 11.1 Å². The van der Waals surface area contributed by atoms with Crippen LogP contribution in [-0.2, 0) is 17.1 Å². The van der Waals surface area contributed by atoms with Crippen LogP contribution in [0.3, 0.4) is 0 Å². The van der Waals surface area contributed by atoms with Crippen LogP contribution in [0.15, 0.2) is 66.7 Å². The smallest absolute Gasteiger partial charge is 0.322 e. The monoisotopic (exact) mass is 521 g/mol. The molecule has 0 aliphatic rings. The van der Waals surface area contributed by atoms with Gasteiger partial charge in [0.1, 0.15) is 5.78 Å². The number of amides is 1. The third kappa shape index (κ3) is 7.21. The molecule has 196 valence electrons. The summed E-state index contributed by atoms with van der Waals surface area (Å²) in [6.45, 7) is 5.30. The molecule has 0 saturated carbocycles. The van der Waals surface area contributed by atoms with Crippen LogP contribution in [0.4, 0.5) is 32.0 Å². The number of alkyl halides is 6. The quantitative estimate of drug-likeness (QED) is 0.318. The van der Waals surface area contributed by atoms with Gasteiger partial charge in [-0.2, -0.15) is 26.3 Å². The van der Waals surface area contributed by atoms with Gasteiger partial charge in [0.15, 0.2) is 0 Å². The van der Waals surface area contributed by atoms with Crippen molar-refractivity contribution in [1.82, 2.24) is 0 Å². The molecule has 0 radical (unpaired) electrons. The maximum atomic E-state index is 13.1. The van der Waals surface area contributed by atoms with Crippen LogP contribution in [0.1, 0.15) is 60.2 Å². The standard InChI is InChI=1S/C28H25F6NO2/c1-16(2)11-25(17(3)36)21-12-20(18-7-9-22(10-8-18)27(29,30)31)14-24(15-21)35-26(37)19-5-4-6-23(13-19)28(32,33)34/h4-10,12-16,25H,11H2,1-3H3,(H,35,37). The SMILES string of the molecule is CC(=O)C(CC(C)C)c1cc(NC(=O)c2cccc(C(F)(F)F)c2)cc(-c2ccc(C(F)(F)F)cc2)c1. The minimum Gasteiger partial charge on any atom is -0.322 e. The summed E-state index contributed by atoms with van der Waals surface area (Å²) >= 11 is 0. The highest BCUT2D eigenvalue weighted by Crippen LogP contribution is 2.35. The number of hydrogen-bond donors (Lipinski definition) is 1. The lowest BCUT2D eigenvalue weighted by Crippen LogP contribution is -2.15. The summed E-state index contributed by atoms with van der Waals surface area (Å²) in [5, 5.41) is 2.57. The van der Waals surface area contributed by atoms with Crippen molar-refractivity contribution < 1.29 is 35.9 Å². The van der Waals surface area contributed by atoms with Gasteiger partial charge in [-0.25, -0.2) is 0 Å². The topological polar surface area (TPSA) is 46.2 Å². The first kappa shape index (κ1) is 28.0. The molecule has 0 spiro atoms. The van der Waals surface area contributed by atoms with E-state index in [4.69, 9.17) is 0 Å². The van der Waals surface area contributed by atoms with Crippen LogP contribution < -0.4 is 5.32 Å². The van der Waals surface area contributed by atoms with Gasteiger partial charge in [0.05, 0.1) is 11.1 Å². The molecule has 0 saturated heterocycles. The molecule has 0 aliphatic carbocycles. The van der Waals surface area contributed by atoms with Crippen LogP contribution in [0.5, 0.6) is 0 Å². The molecule has 3 rings (SSSR count). The number of carbonyl (C=O) groups excluding carboxylic acids is 2. The normalized spacial score (nSPS) is 12.9. The third-order valence-electron chi connectivity index (χ3n) is 5.81. The molecule has 9 heteroatoms. The molecule has 0 heterocycles. The Bertz CT molecular complexity index is 1280. The zero-order valence-electron chi connectivity index (χ0n) is 20.3. The highest BCUT2D eigenvalue weighted by Gasteiger charge is 2.31. The Morgan fingerprint density at radius 2 is 1.41 bits per heavy atom. The summed E-state index contributed by atoms with van der Waals surface area (Å²) < 4.78 is 78.3. The number of Topliss-reactive ketones (excluding diaryl/α,β-unsaturated/α-hetero) is 1. The van der Waals surface area contributed by atoms with E-state index in [0.717, 1.165) is 30.3 Å². The molecule has 37 heavy (non-hydrogen) atoms. The van der Waals surface area contributed by atoms with Gasteiger partial charge in [0, 0.05) is 17.2 Å². The average molecular weight is 522 g/mol. The molecule has 0 bridgehead atoms. The van der Waals surface area contributed by atoms with Gasteiger partial charge in [0.2, 0.25) is 0 Å². The minimum absolute atomic E-state index is 0.131. The number of nitrogens with one attached hydrogen (secondary N) is 1. The van der Waals surface area contributed by atoms with E-state index in [1.165, 1.54) is 31.2 Å². The van der Waals surface area contributed by atoms with Gasteiger partial charge in [-0.15, -0.1) is 0 Å². The van der Waals surface area contributed by atoms with E-state index in [1.807, 2.05) is 13.8 Å². The Labute approximate surface area is 210 Å². The van der Waals surface area contributed by atoms with E-state index in [9.17, 15) is 35.9 Å². The Morgan fingerprint density at radius 3 is 1.95 bits per heavy atom. The van der Waals surface area contributed by atoms with Crippen LogP contribution >= 0.6 is 0 Å². The van der Waals surface area contributed by atoms with Crippen LogP contribution in [-0.4, -0.2) is 11.7 Å². The molecule has 1 unspecified atom stereocenters. The van der Waals surface area contributed by atoms with E-state index >= 15 is 0 Å². The lowest BCUT2D eigenvalue weighted by Gasteiger charge is -2.20. The van der Waals surface area contributed by atoms with Crippen LogP contribution in [0.2, 0.25) is 0 Å². The van der Waals surface area contributed by atoms with Crippen LogP contribution in [0.25, 0.3) is 11.1 Å². The second-order valence-electron chi connectivity index (χ2n) is 9.24. The Balaban J connectivity index is 2.05. The summed E-state index contributed by atoms with van der Waals surface area (Å²) in [6, 6.07) is 13.1. The summed E-state index contributed by atoms with van der Waals surface area (Å²) in [7, 11) is 0. The largest absolute Gasteiger partial charge is 0.416 e. The second kappa shape index (κ2) is 10.8. The van der Waals surface area contributed by atoms with E-state index in [0.29, 0.717) is 23.1 Å². The summed E-state index contributed by atoms with van der Waals surface area (Å²) in [5.41, 5.74) is -0.430. The molecular formula is C28H25F6NO2. The fourth-order valence-electron chi connectivity index (χ4n) is 3.99. The number of benzene rings is 3. The molecule has 1 amide bonds. The molecule has 0 fully saturated rings. The summed E-state index contributed by atoms with van der Waals surface area (Å²) in [5.74, 6) is -1.33. The maximum Gasteiger partial charge on any atom is 0.416 e. The van der Waals surface area contributed by atoms with E-state index in [2.05, 4.69) is 5.32 Å². The molecule has 3 aromatic rings. The molecule has 1 atom stereocenters. The van der Waals surface area contributed by atoms with Gasteiger partial charge in [0.25, 0.3) is 5.91 Å². The van der Waals surface area contributed by atoms with Gasteiger partial charge in [-0.05, 0) is 78.4 Å². The zero-order chi connectivity index (χ0) is 27.5. The lowest BCUT2D eigenvalue weighted by molar-refractivity contribution is -0.138. The van der Waals surface area contributed by atoms with Crippen molar-refractivity contribution in [2.75, 3.05) is 5.32 Å². The van der Waals surface area contributed by atoms with Gasteiger partial charge in [-0.1, -0.05) is 38.1 Å². The maximum absolute atomic E-state index is 13.1. The average Bonchev–Trinajstić information content (AvgIpc) is 2.81. The molecule has 0 aromatic heterocycles. The van der Waals surface area contributed by atoms with Crippen molar-refractivity contribution >= 4 is 17.4 Å². The van der Waals surface area contributed by atoms with Crippen molar-refractivity contribution in [1.29, 1.82) is 0 Å². The Kier molecular flexibility index (Phi) is 8.15. The van der Waals surface area contributed by atoms with E-state index in [1.54, 1.807) is 12.1 Å². The predicted octanol–water partition coefficient (Wildman–Crippen LogP) is 8.36. The predicted molar refractivity (Wildman–Crippen MR) is 129 cm³/mol. The fourth-order valence-corrected chi connectivity index (χ4v) is 3.99. The first-order valence-electron chi connectivity index (χ1n) is 11.5. The van der Waals surface area contributed by atoms with Crippen molar-refractivity contribution in [2.24, 2.45) is 5.92 Å². The first-order chi connectivity index (χ1) is 17.1. The van der Waals surface area contributed by atoms with Crippen molar-refractivity contribution in [2.45, 2.75) is 45.5 Å². The first-order valence-corrected chi connectivity index (χ1v) is 11.5. The number of anilines is 1. The number of rotatable bonds is 7. The highest BCUT2D eigenvalue weighted by molar-refractivity contribution is 6.04. The molecule has 1 N–H and O–H groups in total. The van der Waals surface area contributed by atoms with Crippen molar-refractivity contribution in [3.05, 3.63) is 89.0 Å². The van der Waals surface area contributed by atoms with Crippen LogP contribution in [0, 0.1) is 5.92 Å². The lowest BCUT2D eigenvalue weighted by atomic mass is 9.85. The molecule has 3 aromatic carbocycles. The molecule has 3 nitrogen and oxygen atoms in total. The third-order valence-corrected chi connectivity index (χ3v) is 5.81. The Morgan fingerprint density at radius 1 is 0.784 bits per heavy atom. The van der Waals surface area contributed by atoms with Crippen molar-refractivity contribution in [3.63, 3.8) is 0 Å². The number of hydrogen-bond acceptors (Lipinski definition) is 2. The molecule has 0 aliphatic heterocycles. The van der Waals surface area contributed by atoms with Gasteiger partial charge in [-0.3, -0.25) is 9.59 Å². The zero-order valence-corrected chi connectivity index (χ0v) is 20.3. The highest BCUT2D eigenvalue weighted by atomic mass is 19.4. The minimum atomic E-state index is -4.63. The fraction of sp³-hybridized carbons (Fsp3) is 0.286. The summed E-state index contributed by atoms with van der Waals surface area (Å²) in [4.78, 5) is 25.3. The number of carbonyl (C=O) groups is 2. The number of halogens is 6. The Hall–Kier alpha value is -3.62.